The summed E-state index contributed by atoms with van der Waals surface area (Å²) in [6, 6.07) is 12.0. The summed E-state index contributed by atoms with van der Waals surface area (Å²) in [6.45, 7) is 1.81. The van der Waals surface area contributed by atoms with E-state index in [2.05, 4.69) is 0 Å². The van der Waals surface area contributed by atoms with Gasteiger partial charge in [-0.15, -0.1) is 0 Å². The van der Waals surface area contributed by atoms with Crippen molar-refractivity contribution in [2.45, 2.75) is 25.8 Å². The maximum atomic E-state index is 11.9. The van der Waals surface area contributed by atoms with Gasteiger partial charge in [0.2, 0.25) is 0 Å². The van der Waals surface area contributed by atoms with E-state index in [9.17, 15) is 14.7 Å². The van der Waals surface area contributed by atoms with Crippen molar-refractivity contribution in [2.75, 3.05) is 0 Å². The Kier molecular flexibility index (Phi) is 4.35. The van der Waals surface area contributed by atoms with Gasteiger partial charge in [0.05, 0.1) is 0 Å². The van der Waals surface area contributed by atoms with Crippen molar-refractivity contribution < 1.29 is 9.90 Å². The molecule has 1 N–H and O–H groups in total. The number of carboxylic acids is 1. The van der Waals surface area contributed by atoms with Gasteiger partial charge in [-0.3, -0.25) is 4.79 Å². The van der Waals surface area contributed by atoms with Crippen LogP contribution in [0.25, 0.3) is 0 Å². The van der Waals surface area contributed by atoms with E-state index in [1.165, 1.54) is 10.6 Å². The Balaban J connectivity index is 2.19. The van der Waals surface area contributed by atoms with Gasteiger partial charge >= 0.3 is 5.97 Å². The Morgan fingerprint density at radius 3 is 2.55 bits per heavy atom. The first-order valence-electron chi connectivity index (χ1n) is 6.53. The predicted molar refractivity (Wildman–Crippen MR) is 76.9 cm³/mol. The first-order chi connectivity index (χ1) is 9.58. The van der Waals surface area contributed by atoms with Gasteiger partial charge in [-0.1, -0.05) is 30.3 Å². The molecule has 1 aromatic heterocycles. The van der Waals surface area contributed by atoms with Crippen LogP contribution in [0.3, 0.4) is 0 Å². The summed E-state index contributed by atoms with van der Waals surface area (Å²) in [4.78, 5) is 23.3. The Bertz CT molecular complexity index is 646. The molecule has 1 atom stereocenters. The molecular formula is C16H17NO3. The minimum Gasteiger partial charge on any atom is -0.480 e. The highest BCUT2D eigenvalue weighted by atomic mass is 16.4. The first-order valence-corrected chi connectivity index (χ1v) is 6.53. The molecule has 0 bridgehead atoms. The SMILES string of the molecule is Cc1ccn(C(CCc2ccccc2)C(=O)O)c(=O)c1. The topological polar surface area (TPSA) is 59.3 Å². The third-order valence-electron chi connectivity index (χ3n) is 3.27. The van der Waals surface area contributed by atoms with E-state index < -0.39 is 12.0 Å². The minimum absolute atomic E-state index is 0.273. The van der Waals surface area contributed by atoms with Crippen molar-refractivity contribution in [3.63, 3.8) is 0 Å². The lowest BCUT2D eigenvalue weighted by atomic mass is 10.0. The highest BCUT2D eigenvalue weighted by Gasteiger charge is 2.20. The summed E-state index contributed by atoms with van der Waals surface area (Å²) >= 11 is 0. The van der Waals surface area contributed by atoms with Crippen LogP contribution in [0.1, 0.15) is 23.6 Å². The van der Waals surface area contributed by atoms with Crippen molar-refractivity contribution >= 4 is 5.97 Å². The maximum absolute atomic E-state index is 11.9. The summed E-state index contributed by atoms with van der Waals surface area (Å²) in [7, 11) is 0. The molecule has 0 radical (unpaired) electrons. The molecule has 0 saturated heterocycles. The van der Waals surface area contributed by atoms with Crippen LogP contribution in [0.2, 0.25) is 0 Å². The van der Waals surface area contributed by atoms with Crippen molar-refractivity contribution in [1.29, 1.82) is 0 Å². The molecule has 0 amide bonds. The van der Waals surface area contributed by atoms with Crippen LogP contribution < -0.4 is 5.56 Å². The molecule has 4 nitrogen and oxygen atoms in total. The second-order valence-corrected chi connectivity index (χ2v) is 4.83. The maximum Gasteiger partial charge on any atom is 0.326 e. The summed E-state index contributed by atoms with van der Waals surface area (Å²) in [5.41, 5.74) is 1.63. The van der Waals surface area contributed by atoms with Crippen LogP contribution in [-0.2, 0) is 11.2 Å². The lowest BCUT2D eigenvalue weighted by molar-refractivity contribution is -0.141. The molecule has 2 rings (SSSR count). The van der Waals surface area contributed by atoms with Crippen LogP contribution in [0.4, 0.5) is 0 Å². The van der Waals surface area contributed by atoms with Crippen molar-refractivity contribution in [3.05, 3.63) is 70.1 Å². The molecule has 0 aliphatic carbocycles. The van der Waals surface area contributed by atoms with Crippen molar-refractivity contribution in [1.82, 2.24) is 4.57 Å². The van der Waals surface area contributed by atoms with E-state index in [0.717, 1.165) is 11.1 Å². The molecule has 20 heavy (non-hydrogen) atoms. The van der Waals surface area contributed by atoms with Gasteiger partial charge in [-0.25, -0.2) is 4.79 Å². The van der Waals surface area contributed by atoms with Gasteiger partial charge in [-0.05, 0) is 37.0 Å². The summed E-state index contributed by atoms with van der Waals surface area (Å²) in [5.74, 6) is -0.980. The van der Waals surface area contributed by atoms with E-state index in [4.69, 9.17) is 0 Å². The third kappa shape index (κ3) is 3.35. The third-order valence-corrected chi connectivity index (χ3v) is 3.27. The number of nitrogens with zero attached hydrogens (tertiary/aromatic N) is 1. The van der Waals surface area contributed by atoms with Gasteiger partial charge in [0, 0.05) is 12.3 Å². The molecule has 0 fully saturated rings. The van der Waals surface area contributed by atoms with Gasteiger partial charge in [0.25, 0.3) is 5.56 Å². The highest BCUT2D eigenvalue weighted by molar-refractivity contribution is 5.71. The molecule has 2 aromatic rings. The van der Waals surface area contributed by atoms with Crippen LogP contribution in [0.15, 0.2) is 53.5 Å². The zero-order chi connectivity index (χ0) is 14.5. The fourth-order valence-electron chi connectivity index (χ4n) is 2.18. The molecule has 0 spiro atoms. The number of aliphatic carboxylic acids is 1. The van der Waals surface area contributed by atoms with E-state index >= 15 is 0 Å². The predicted octanol–water partition coefficient (Wildman–Crippen LogP) is 2.42. The molecule has 4 heteroatoms. The Labute approximate surface area is 117 Å². The average molecular weight is 271 g/mol. The molecule has 104 valence electrons. The molecule has 1 aromatic carbocycles. The molecule has 0 aliphatic rings. The standard InChI is InChI=1S/C16H17NO3/c1-12-9-10-17(15(18)11-12)14(16(19)20)8-7-13-5-3-2-4-6-13/h2-6,9-11,14H,7-8H2,1H3,(H,19,20). The lowest BCUT2D eigenvalue weighted by Gasteiger charge is -2.15. The molecule has 1 heterocycles. The van der Waals surface area contributed by atoms with E-state index in [1.807, 2.05) is 37.3 Å². The normalized spacial score (nSPS) is 12.1. The second-order valence-electron chi connectivity index (χ2n) is 4.83. The largest absolute Gasteiger partial charge is 0.480 e. The van der Waals surface area contributed by atoms with Crippen LogP contribution in [-0.4, -0.2) is 15.6 Å². The Hall–Kier alpha value is -2.36. The fraction of sp³-hybridized carbons (Fsp3) is 0.250. The zero-order valence-corrected chi connectivity index (χ0v) is 11.3. The average Bonchev–Trinajstić information content (AvgIpc) is 2.42. The van der Waals surface area contributed by atoms with Crippen LogP contribution >= 0.6 is 0 Å². The highest BCUT2D eigenvalue weighted by Crippen LogP contribution is 2.14. The molecule has 0 saturated carbocycles. The van der Waals surface area contributed by atoms with E-state index in [0.29, 0.717) is 12.8 Å². The van der Waals surface area contributed by atoms with E-state index in [1.54, 1.807) is 12.3 Å². The van der Waals surface area contributed by atoms with Gasteiger partial charge in [0.15, 0.2) is 0 Å². The molecular weight excluding hydrogens is 254 g/mol. The number of aromatic nitrogens is 1. The summed E-state index contributed by atoms with van der Waals surface area (Å²) in [6.07, 6.45) is 2.57. The Morgan fingerprint density at radius 1 is 1.25 bits per heavy atom. The number of pyridine rings is 1. The fourth-order valence-corrected chi connectivity index (χ4v) is 2.18. The van der Waals surface area contributed by atoms with Crippen LogP contribution in [0, 0.1) is 6.92 Å². The summed E-state index contributed by atoms with van der Waals surface area (Å²) in [5, 5.41) is 9.34. The number of aryl methyl sites for hydroxylation is 2. The van der Waals surface area contributed by atoms with Gasteiger partial charge < -0.3 is 9.67 Å². The minimum atomic E-state index is -0.980. The second kappa shape index (κ2) is 6.19. The number of rotatable bonds is 5. The number of hydrogen-bond acceptors (Lipinski definition) is 2. The smallest absolute Gasteiger partial charge is 0.326 e. The monoisotopic (exact) mass is 271 g/mol. The quantitative estimate of drug-likeness (QED) is 0.908. The number of benzene rings is 1. The van der Waals surface area contributed by atoms with E-state index in [-0.39, 0.29) is 5.56 Å². The number of carbonyl (C=O) groups is 1. The lowest BCUT2D eigenvalue weighted by Crippen LogP contribution is -2.29. The van der Waals surface area contributed by atoms with Gasteiger partial charge in [0.1, 0.15) is 6.04 Å². The van der Waals surface area contributed by atoms with Crippen LogP contribution in [0.5, 0.6) is 0 Å². The number of carboxylic acid groups (broad SMARTS) is 1. The summed E-state index contributed by atoms with van der Waals surface area (Å²) < 4.78 is 1.29. The number of hydrogen-bond donors (Lipinski definition) is 1. The van der Waals surface area contributed by atoms with Crippen molar-refractivity contribution in [2.24, 2.45) is 0 Å². The van der Waals surface area contributed by atoms with Gasteiger partial charge in [-0.2, -0.15) is 0 Å². The molecule has 0 aliphatic heterocycles. The Morgan fingerprint density at radius 2 is 1.95 bits per heavy atom. The first kappa shape index (κ1) is 14.1. The zero-order valence-electron chi connectivity index (χ0n) is 11.3. The molecule has 1 unspecified atom stereocenters. The van der Waals surface area contributed by atoms with Crippen molar-refractivity contribution in [3.8, 4) is 0 Å².